The van der Waals surface area contributed by atoms with Crippen molar-refractivity contribution in [3.05, 3.63) is 78.9 Å². The molecule has 8 atom stereocenters. The molecule has 0 radical (unpaired) electrons. The van der Waals surface area contributed by atoms with Gasteiger partial charge >= 0.3 is 45.6 Å². The topological polar surface area (TPSA) is 244 Å². The van der Waals surface area contributed by atoms with Crippen molar-refractivity contribution in [2.75, 3.05) is 19.8 Å². The molecule has 6 rings (SSSR count). The molecule has 70 heavy (non-hydrogen) atoms. The van der Waals surface area contributed by atoms with Crippen LogP contribution in [-0.4, -0.2) is 124 Å². The van der Waals surface area contributed by atoms with Crippen LogP contribution in [0.3, 0.4) is 0 Å². The van der Waals surface area contributed by atoms with E-state index in [1.165, 1.54) is 29.1 Å². The Morgan fingerprint density at radius 1 is 0.600 bits per heavy atom. The minimum absolute atomic E-state index is 0.0301. The fourth-order valence-corrected chi connectivity index (χ4v) is 33.7. The summed E-state index contributed by atoms with van der Waals surface area (Å²) in [6, 6.07) is 2.43. The lowest BCUT2D eigenvalue weighted by Gasteiger charge is -2.52. The Balaban J connectivity index is 0.000000261. The summed E-state index contributed by atoms with van der Waals surface area (Å²) < 4.78 is 56.8. The first-order valence-corrected chi connectivity index (χ1v) is 33.0. The maximum atomic E-state index is 12.7. The normalized spacial score (nSPS) is 30.6. The summed E-state index contributed by atoms with van der Waals surface area (Å²) in [5.41, 5.74) is -5.03. The molecule has 19 nitrogen and oxygen atoms in total. The molecule has 4 aliphatic rings. The van der Waals surface area contributed by atoms with E-state index in [0.717, 1.165) is 4.57 Å². The summed E-state index contributed by atoms with van der Waals surface area (Å²) in [6.07, 6.45) is -1.09. The van der Waals surface area contributed by atoms with Crippen molar-refractivity contribution < 1.29 is 50.7 Å². The number of aliphatic hydroxyl groups excluding tert-OH is 1. The lowest BCUT2D eigenvalue weighted by atomic mass is 9.90. The van der Waals surface area contributed by atoms with Crippen LogP contribution in [0.2, 0.25) is 44.3 Å². The lowest BCUT2D eigenvalue weighted by Crippen LogP contribution is -2.67. The van der Waals surface area contributed by atoms with Crippen molar-refractivity contribution in [3.63, 3.8) is 0 Å². The number of ether oxygens (including phenoxy) is 2. The Kier molecular flexibility index (Phi) is 18.5. The molecule has 4 fully saturated rings. The molecule has 0 saturated carbocycles. The van der Waals surface area contributed by atoms with Crippen LogP contribution in [-0.2, 0) is 35.4 Å². The van der Waals surface area contributed by atoms with E-state index in [2.05, 4.69) is 127 Å². The number of hydrogen-bond donors (Lipinski definition) is 5. The van der Waals surface area contributed by atoms with E-state index < -0.39 is 105 Å². The first kappa shape index (κ1) is 58.4. The number of aromatic amines is 2. The highest BCUT2D eigenvalue weighted by molar-refractivity contribution is 6.84. The second-order valence-electron chi connectivity index (χ2n) is 22.1. The summed E-state index contributed by atoms with van der Waals surface area (Å²) in [4.78, 5) is 53.2. The molecule has 0 amide bonds. The molecule has 0 bridgehead atoms. The Morgan fingerprint density at radius 3 is 1.23 bits per heavy atom. The van der Waals surface area contributed by atoms with Gasteiger partial charge in [0.15, 0.2) is 12.5 Å². The van der Waals surface area contributed by atoms with E-state index in [4.69, 9.17) is 35.4 Å². The number of fused-ring (bicyclic) bond motifs is 2. The largest absolute Gasteiger partial charge is 0.414 e. The molecule has 23 heteroatoms. The van der Waals surface area contributed by atoms with Crippen LogP contribution in [0.5, 0.6) is 0 Å². The van der Waals surface area contributed by atoms with Crippen LogP contribution in [0, 0.1) is 0 Å². The van der Waals surface area contributed by atoms with Gasteiger partial charge in [0.05, 0.1) is 13.2 Å². The van der Waals surface area contributed by atoms with Crippen LogP contribution in [0.15, 0.2) is 56.4 Å². The molecule has 0 aliphatic carbocycles. The zero-order valence-electron chi connectivity index (χ0n) is 44.3. The van der Waals surface area contributed by atoms with Gasteiger partial charge in [0, 0.05) is 44.0 Å². The second kappa shape index (κ2) is 22.2. The molecule has 2 aromatic rings. The van der Waals surface area contributed by atoms with E-state index in [1.54, 1.807) is 6.08 Å². The van der Waals surface area contributed by atoms with E-state index in [1.807, 2.05) is 0 Å². The highest BCUT2D eigenvalue weighted by atomic mass is 28.5. The highest BCUT2D eigenvalue weighted by Crippen LogP contribution is 2.53. The summed E-state index contributed by atoms with van der Waals surface area (Å²) in [7, 11) is -11.7. The van der Waals surface area contributed by atoms with Crippen molar-refractivity contribution >= 4 is 34.2 Å². The average Bonchev–Trinajstić information content (AvgIpc) is 3.64. The maximum absolute atomic E-state index is 12.7. The predicted molar refractivity (Wildman–Crippen MR) is 275 cm³/mol. The smallest absolute Gasteiger partial charge is 0.335 e. The van der Waals surface area contributed by atoms with Crippen molar-refractivity contribution in [3.8, 4) is 0 Å². The monoisotopic (exact) mass is 1060 g/mol. The molecule has 4 saturated heterocycles. The number of aliphatic hydroxyl groups is 3. The summed E-state index contributed by atoms with van der Waals surface area (Å²) >= 11 is 0. The first-order valence-electron chi connectivity index (χ1n) is 25.1. The van der Waals surface area contributed by atoms with Gasteiger partial charge in [-0.1, -0.05) is 117 Å². The zero-order valence-corrected chi connectivity index (χ0v) is 48.3. The molecule has 2 aromatic heterocycles. The van der Waals surface area contributed by atoms with Gasteiger partial charge in [-0.3, -0.25) is 28.7 Å². The van der Waals surface area contributed by atoms with E-state index >= 15 is 0 Å². The molecule has 5 N–H and O–H groups in total. The van der Waals surface area contributed by atoms with Crippen LogP contribution in [0.4, 0.5) is 0 Å². The summed E-state index contributed by atoms with van der Waals surface area (Å²) in [6.45, 7) is 37.5. The molecule has 6 heterocycles. The molecule has 0 spiro atoms. The third-order valence-corrected chi connectivity index (χ3v) is 35.4. The second-order valence-corrected chi connectivity index (χ2v) is 39.8. The van der Waals surface area contributed by atoms with Crippen LogP contribution >= 0.6 is 0 Å². The summed E-state index contributed by atoms with van der Waals surface area (Å²) in [5.74, 6) is 0. The van der Waals surface area contributed by atoms with Crippen LogP contribution < -0.4 is 22.5 Å². The fourth-order valence-electron chi connectivity index (χ4n) is 11.2. The summed E-state index contributed by atoms with van der Waals surface area (Å²) in [5, 5.41) is 34.0. The SMILES string of the molecule is C=CC[C@@]1(O)C(n2ccc(=O)[nH]c2=O)OC2CO[Si](C(C)C)(C(C)C)O[Si](C(C)C)(C(C)C)O[C@H]21.CC(C)[Si]1(C(C)C)OCC2OC(n3ccc(=O)[nH]c3=O)[C@](O)(CCO)[C@@H]2O[Si](C(C)C)(C(C)C)O1. The maximum Gasteiger partial charge on any atom is 0.335 e. The minimum Gasteiger partial charge on any atom is -0.414 e. The van der Waals surface area contributed by atoms with Gasteiger partial charge in [0.1, 0.15) is 35.6 Å². The van der Waals surface area contributed by atoms with Crippen LogP contribution in [0.25, 0.3) is 0 Å². The Hall–Kier alpha value is -2.47. The van der Waals surface area contributed by atoms with Crippen LogP contribution in [0.1, 0.15) is 136 Å². The number of rotatable bonds is 14. The molecule has 4 aliphatic heterocycles. The Bertz CT molecular complexity index is 2300. The molecule has 398 valence electrons. The van der Waals surface area contributed by atoms with E-state index in [9.17, 15) is 34.5 Å². The Morgan fingerprint density at radius 2 is 0.929 bits per heavy atom. The number of aromatic nitrogens is 4. The number of nitrogens with zero attached hydrogens (tertiary/aromatic N) is 2. The zero-order chi connectivity index (χ0) is 52.7. The Labute approximate surface area is 417 Å². The lowest BCUT2D eigenvalue weighted by molar-refractivity contribution is -0.119. The molecular weight excluding hydrogens is 973 g/mol. The third kappa shape index (κ3) is 10.5. The molecular formula is C47H84N4O15Si4. The van der Waals surface area contributed by atoms with Gasteiger partial charge in [-0.05, 0) is 44.3 Å². The fraction of sp³-hybridized carbons (Fsp3) is 0.787. The van der Waals surface area contributed by atoms with E-state index in [0.29, 0.717) is 0 Å². The average molecular weight is 1060 g/mol. The standard InChI is InChI=1S/C24H42N2O7Si2.C23H42N2O8Si2/c1-10-12-24(29)21-19(31-22(24)26-13-11-20(27)25-23(26)28)14-30-34(15(2)3,16(4)5)33-35(32-21,17(6)7)18(8)9;1-14(2)34(15(3)4)30-13-18-20(32-35(33-34,16(5)6)17(7)8)23(29,10-12-26)21(31-18)25-11-9-19(27)24-22(25)28/h10-11,13,15-19,21-22,29H,1,12,14H2,2-9H3,(H,25,27,28);9,11,14-18,20-21,26,29H,10,12-13H2,1-8H3,(H,24,27,28)/t19?,21-,22?,24+;18?,20-,21?,23+/m11/s1. The van der Waals surface area contributed by atoms with Crippen molar-refractivity contribution in [1.29, 1.82) is 0 Å². The van der Waals surface area contributed by atoms with Gasteiger partial charge in [-0.2, -0.15) is 0 Å². The molecule has 4 unspecified atom stereocenters. The van der Waals surface area contributed by atoms with Gasteiger partial charge in [-0.25, -0.2) is 9.59 Å². The predicted octanol–water partition coefficient (Wildman–Crippen LogP) is 6.20. The van der Waals surface area contributed by atoms with E-state index in [-0.39, 0.29) is 77.0 Å². The highest BCUT2D eigenvalue weighted by Gasteiger charge is 2.67. The van der Waals surface area contributed by atoms with Gasteiger partial charge in [-0.15, -0.1) is 6.58 Å². The van der Waals surface area contributed by atoms with Gasteiger partial charge in [0.25, 0.3) is 11.1 Å². The van der Waals surface area contributed by atoms with Crippen molar-refractivity contribution in [2.45, 2.75) is 216 Å². The van der Waals surface area contributed by atoms with Crippen molar-refractivity contribution in [1.82, 2.24) is 19.1 Å². The first-order chi connectivity index (χ1) is 32.5. The number of H-pyrrole nitrogens is 2. The quantitative estimate of drug-likeness (QED) is 0.104. The van der Waals surface area contributed by atoms with Gasteiger partial charge in [0.2, 0.25) is 0 Å². The minimum atomic E-state index is -3.07. The third-order valence-electron chi connectivity index (χ3n) is 15.0. The van der Waals surface area contributed by atoms with Crippen molar-refractivity contribution in [2.24, 2.45) is 0 Å². The van der Waals surface area contributed by atoms with Gasteiger partial charge < -0.3 is 50.7 Å². The number of hydrogen-bond acceptors (Lipinski definition) is 15. The number of nitrogens with one attached hydrogen (secondary N) is 2. The molecule has 0 aromatic carbocycles.